The van der Waals surface area contributed by atoms with Gasteiger partial charge in [-0.3, -0.25) is 0 Å². The van der Waals surface area contributed by atoms with E-state index in [1.807, 2.05) is 23.9 Å². The highest BCUT2D eigenvalue weighted by Crippen LogP contribution is 2.25. The first-order valence-corrected chi connectivity index (χ1v) is 5.39. The summed E-state index contributed by atoms with van der Waals surface area (Å²) in [6, 6.07) is 0.614. The third-order valence-corrected chi connectivity index (χ3v) is 3.51. The molecule has 2 aliphatic heterocycles. The van der Waals surface area contributed by atoms with Crippen molar-refractivity contribution in [1.29, 1.82) is 0 Å². The lowest BCUT2D eigenvalue weighted by atomic mass is 9.90. The minimum atomic E-state index is 0.175. The number of amides is 2. The Kier molecular flexibility index (Phi) is 2.63. The van der Waals surface area contributed by atoms with Gasteiger partial charge in [-0.25, -0.2) is 4.79 Å². The van der Waals surface area contributed by atoms with Crippen LogP contribution in [0.1, 0.15) is 12.8 Å². The summed E-state index contributed by atoms with van der Waals surface area (Å²) in [4.78, 5) is 15.3. The lowest BCUT2D eigenvalue weighted by Crippen LogP contribution is -2.41. The van der Waals surface area contributed by atoms with E-state index in [1.165, 1.54) is 12.8 Å². The van der Waals surface area contributed by atoms with Crippen LogP contribution in [0.2, 0.25) is 0 Å². The van der Waals surface area contributed by atoms with Crippen molar-refractivity contribution in [2.24, 2.45) is 5.92 Å². The van der Waals surface area contributed by atoms with Crippen molar-refractivity contribution < 1.29 is 4.79 Å². The fraction of sp³-hybridized carbons (Fsp3) is 0.900. The molecule has 2 saturated heterocycles. The van der Waals surface area contributed by atoms with Crippen LogP contribution in [0.25, 0.3) is 0 Å². The van der Waals surface area contributed by atoms with E-state index in [0.717, 1.165) is 19.6 Å². The Balaban J connectivity index is 2.00. The van der Waals surface area contributed by atoms with Gasteiger partial charge >= 0.3 is 6.03 Å². The Morgan fingerprint density at radius 2 is 1.93 bits per heavy atom. The molecule has 0 aromatic heterocycles. The number of carbonyl (C=O) groups excluding carboxylic acids is 1. The third kappa shape index (κ3) is 1.59. The van der Waals surface area contributed by atoms with Crippen LogP contribution in [0, 0.1) is 5.92 Å². The highest BCUT2D eigenvalue weighted by Gasteiger charge is 2.37. The van der Waals surface area contributed by atoms with Crippen molar-refractivity contribution in [3.8, 4) is 0 Å². The van der Waals surface area contributed by atoms with Crippen molar-refractivity contribution in [2.75, 3.05) is 33.7 Å². The van der Waals surface area contributed by atoms with Crippen molar-refractivity contribution in [3.63, 3.8) is 0 Å². The fourth-order valence-electron chi connectivity index (χ4n) is 2.59. The molecule has 2 rings (SSSR count). The summed E-state index contributed by atoms with van der Waals surface area (Å²) in [5, 5.41) is 3.36. The van der Waals surface area contributed by atoms with Crippen LogP contribution in [0.4, 0.5) is 4.79 Å². The van der Waals surface area contributed by atoms with Gasteiger partial charge in [0.15, 0.2) is 0 Å². The van der Waals surface area contributed by atoms with Crippen LogP contribution in [-0.2, 0) is 0 Å². The molecule has 80 valence electrons. The van der Waals surface area contributed by atoms with Crippen LogP contribution in [0.3, 0.4) is 0 Å². The number of nitrogens with one attached hydrogen (secondary N) is 1. The predicted octanol–water partition coefficient (Wildman–Crippen LogP) is 0.352. The van der Waals surface area contributed by atoms with E-state index in [-0.39, 0.29) is 6.03 Å². The first-order valence-electron chi connectivity index (χ1n) is 5.39. The molecule has 2 amide bonds. The summed E-state index contributed by atoms with van der Waals surface area (Å²) in [6.45, 7) is 3.11. The number of hydrogen-bond acceptors (Lipinski definition) is 2. The third-order valence-electron chi connectivity index (χ3n) is 3.51. The first-order chi connectivity index (χ1) is 6.70. The van der Waals surface area contributed by atoms with Crippen molar-refractivity contribution >= 4 is 6.03 Å². The SMILES string of the molecule is CN1C[C@H](C2CCNCC2)N(C)C1=O. The van der Waals surface area contributed by atoms with Crippen molar-refractivity contribution in [1.82, 2.24) is 15.1 Å². The van der Waals surface area contributed by atoms with Gasteiger partial charge in [-0.1, -0.05) is 0 Å². The van der Waals surface area contributed by atoms with Crippen LogP contribution in [0.5, 0.6) is 0 Å². The van der Waals surface area contributed by atoms with Gasteiger partial charge in [0.2, 0.25) is 0 Å². The molecule has 0 saturated carbocycles. The smallest absolute Gasteiger partial charge is 0.319 e. The zero-order chi connectivity index (χ0) is 10.1. The van der Waals surface area contributed by atoms with Gasteiger partial charge in [-0.05, 0) is 31.8 Å². The molecule has 4 heteroatoms. The van der Waals surface area contributed by atoms with Gasteiger partial charge in [-0.15, -0.1) is 0 Å². The number of piperidine rings is 1. The summed E-state index contributed by atoms with van der Waals surface area (Å²) in [7, 11) is 3.82. The van der Waals surface area contributed by atoms with Crippen LogP contribution in [-0.4, -0.2) is 55.6 Å². The summed E-state index contributed by atoms with van der Waals surface area (Å²) < 4.78 is 0. The second-order valence-corrected chi connectivity index (χ2v) is 4.43. The molecule has 14 heavy (non-hydrogen) atoms. The molecule has 0 bridgehead atoms. The maximum atomic E-state index is 11.6. The van der Waals surface area contributed by atoms with Gasteiger partial charge in [0.05, 0.1) is 6.04 Å². The molecule has 2 heterocycles. The van der Waals surface area contributed by atoms with E-state index in [1.54, 1.807) is 0 Å². The Labute approximate surface area is 85.2 Å². The molecule has 0 spiro atoms. The Morgan fingerprint density at radius 1 is 1.29 bits per heavy atom. The number of nitrogens with zero attached hydrogens (tertiary/aromatic N) is 2. The first kappa shape index (κ1) is 9.77. The molecule has 0 aromatic carbocycles. The Bertz CT molecular complexity index is 225. The van der Waals surface area contributed by atoms with E-state index in [9.17, 15) is 4.79 Å². The molecule has 0 unspecified atom stereocenters. The maximum Gasteiger partial charge on any atom is 0.319 e. The number of hydrogen-bond donors (Lipinski definition) is 1. The van der Waals surface area contributed by atoms with Gasteiger partial charge in [0.1, 0.15) is 0 Å². The molecule has 2 fully saturated rings. The lowest BCUT2D eigenvalue weighted by molar-refractivity contribution is 0.184. The van der Waals surface area contributed by atoms with Gasteiger partial charge in [-0.2, -0.15) is 0 Å². The zero-order valence-corrected chi connectivity index (χ0v) is 8.99. The minimum absolute atomic E-state index is 0.175. The fourth-order valence-corrected chi connectivity index (χ4v) is 2.59. The quantitative estimate of drug-likeness (QED) is 0.658. The molecule has 1 atom stereocenters. The normalized spacial score (nSPS) is 30.1. The monoisotopic (exact) mass is 197 g/mol. The maximum absolute atomic E-state index is 11.6. The van der Waals surface area contributed by atoms with Crippen molar-refractivity contribution in [2.45, 2.75) is 18.9 Å². The zero-order valence-electron chi connectivity index (χ0n) is 8.99. The van der Waals surface area contributed by atoms with Crippen LogP contribution >= 0.6 is 0 Å². The molecule has 4 nitrogen and oxygen atoms in total. The van der Waals surface area contributed by atoms with Crippen LogP contribution < -0.4 is 5.32 Å². The topological polar surface area (TPSA) is 35.6 Å². The molecular formula is C10H19N3O. The largest absolute Gasteiger partial charge is 0.326 e. The van der Waals surface area contributed by atoms with E-state index >= 15 is 0 Å². The van der Waals surface area contributed by atoms with E-state index < -0.39 is 0 Å². The van der Waals surface area contributed by atoms with Crippen molar-refractivity contribution in [3.05, 3.63) is 0 Å². The number of rotatable bonds is 1. The summed E-state index contributed by atoms with van der Waals surface area (Å²) in [6.07, 6.45) is 2.41. The Morgan fingerprint density at radius 3 is 2.43 bits per heavy atom. The second-order valence-electron chi connectivity index (χ2n) is 4.43. The van der Waals surface area contributed by atoms with E-state index in [4.69, 9.17) is 0 Å². The number of likely N-dealkylation sites (N-methyl/N-ethyl adjacent to an activating group) is 2. The summed E-state index contributed by atoms with van der Waals surface area (Å²) in [5.41, 5.74) is 0. The number of urea groups is 1. The van der Waals surface area contributed by atoms with Gasteiger partial charge in [0, 0.05) is 20.6 Å². The van der Waals surface area contributed by atoms with Crippen LogP contribution in [0.15, 0.2) is 0 Å². The summed E-state index contributed by atoms with van der Waals surface area (Å²) >= 11 is 0. The van der Waals surface area contributed by atoms with E-state index in [2.05, 4.69) is 5.32 Å². The molecule has 2 aliphatic rings. The average molecular weight is 197 g/mol. The van der Waals surface area contributed by atoms with Gasteiger partial charge in [0.25, 0.3) is 0 Å². The lowest BCUT2D eigenvalue weighted by Gasteiger charge is -2.31. The standard InChI is InChI=1S/C10H19N3O/c1-12-7-9(13(2)10(12)14)8-3-5-11-6-4-8/h8-9,11H,3-7H2,1-2H3/t9-/m1/s1. The average Bonchev–Trinajstić information content (AvgIpc) is 2.47. The molecule has 0 aliphatic carbocycles. The predicted molar refractivity (Wildman–Crippen MR) is 55.2 cm³/mol. The molecule has 0 aromatic rings. The molecule has 0 radical (unpaired) electrons. The highest BCUT2D eigenvalue weighted by atomic mass is 16.2. The molecular weight excluding hydrogens is 178 g/mol. The highest BCUT2D eigenvalue weighted by molar-refractivity contribution is 5.76. The molecule has 1 N–H and O–H groups in total. The van der Waals surface area contributed by atoms with E-state index in [0.29, 0.717) is 12.0 Å². The number of carbonyl (C=O) groups is 1. The minimum Gasteiger partial charge on any atom is -0.326 e. The summed E-state index contributed by atoms with van der Waals surface area (Å²) in [5.74, 6) is 0.690. The second kappa shape index (κ2) is 3.77. The van der Waals surface area contributed by atoms with Gasteiger partial charge < -0.3 is 15.1 Å². The Hall–Kier alpha value is -0.770.